The van der Waals surface area contributed by atoms with Crippen LogP contribution in [0.4, 0.5) is 0 Å². The van der Waals surface area contributed by atoms with Gasteiger partial charge in [0.2, 0.25) is 0 Å². The SMILES string of the molecule is CCCNC(CCC1CCCCO1)c1ccc(CC)s1. The summed E-state index contributed by atoms with van der Waals surface area (Å²) in [6.07, 6.45) is 9.09. The zero-order valence-corrected chi connectivity index (χ0v) is 13.8. The fourth-order valence-corrected chi connectivity index (χ4v) is 3.89. The van der Waals surface area contributed by atoms with Gasteiger partial charge in [0.15, 0.2) is 0 Å². The van der Waals surface area contributed by atoms with Gasteiger partial charge in [-0.2, -0.15) is 0 Å². The Morgan fingerprint density at radius 2 is 2.25 bits per heavy atom. The fraction of sp³-hybridized carbons (Fsp3) is 0.765. The van der Waals surface area contributed by atoms with Crippen LogP contribution in [0.2, 0.25) is 0 Å². The van der Waals surface area contributed by atoms with Crippen LogP contribution in [0.5, 0.6) is 0 Å². The second-order valence-electron chi connectivity index (χ2n) is 5.73. The second kappa shape index (κ2) is 8.81. The lowest BCUT2D eigenvalue weighted by Crippen LogP contribution is -2.25. The number of aryl methyl sites for hydroxylation is 1. The number of thiophene rings is 1. The van der Waals surface area contributed by atoms with Crippen LogP contribution < -0.4 is 5.32 Å². The summed E-state index contributed by atoms with van der Waals surface area (Å²) in [5.74, 6) is 0. The van der Waals surface area contributed by atoms with Crippen LogP contribution >= 0.6 is 11.3 Å². The molecule has 2 unspecified atom stereocenters. The molecule has 2 heterocycles. The van der Waals surface area contributed by atoms with E-state index in [0.717, 1.165) is 19.6 Å². The van der Waals surface area contributed by atoms with Gasteiger partial charge >= 0.3 is 0 Å². The quantitative estimate of drug-likeness (QED) is 0.750. The van der Waals surface area contributed by atoms with E-state index >= 15 is 0 Å². The lowest BCUT2D eigenvalue weighted by molar-refractivity contribution is 0.00860. The highest BCUT2D eigenvalue weighted by atomic mass is 32.1. The molecule has 2 nitrogen and oxygen atoms in total. The molecular formula is C17H29NOS. The van der Waals surface area contributed by atoms with Crippen molar-refractivity contribution in [2.24, 2.45) is 0 Å². The van der Waals surface area contributed by atoms with Crippen LogP contribution in [-0.2, 0) is 11.2 Å². The summed E-state index contributed by atoms with van der Waals surface area (Å²) in [5.41, 5.74) is 0. The average Bonchev–Trinajstić information content (AvgIpc) is 2.97. The molecule has 114 valence electrons. The maximum Gasteiger partial charge on any atom is 0.0575 e. The standard InChI is InChI=1S/C17H29NOS/c1-3-12-18-16(17-11-9-15(4-2)20-17)10-8-14-7-5-6-13-19-14/h9,11,14,16,18H,3-8,10,12-13H2,1-2H3. The monoisotopic (exact) mass is 295 g/mol. The van der Waals surface area contributed by atoms with Gasteiger partial charge in [0.25, 0.3) is 0 Å². The van der Waals surface area contributed by atoms with Crippen molar-refractivity contribution in [3.63, 3.8) is 0 Å². The molecule has 1 fully saturated rings. The maximum absolute atomic E-state index is 5.87. The van der Waals surface area contributed by atoms with E-state index < -0.39 is 0 Å². The van der Waals surface area contributed by atoms with Gasteiger partial charge in [-0.25, -0.2) is 0 Å². The number of hydrogen-bond donors (Lipinski definition) is 1. The molecule has 20 heavy (non-hydrogen) atoms. The van der Waals surface area contributed by atoms with E-state index in [1.54, 1.807) is 0 Å². The lowest BCUT2D eigenvalue weighted by Gasteiger charge is -2.25. The molecule has 0 radical (unpaired) electrons. The topological polar surface area (TPSA) is 21.3 Å². The van der Waals surface area contributed by atoms with E-state index in [-0.39, 0.29) is 0 Å². The van der Waals surface area contributed by atoms with Crippen molar-refractivity contribution in [2.45, 2.75) is 70.9 Å². The summed E-state index contributed by atoms with van der Waals surface area (Å²) < 4.78 is 5.87. The Labute approximate surface area is 127 Å². The summed E-state index contributed by atoms with van der Waals surface area (Å²) in [6.45, 7) is 6.55. The summed E-state index contributed by atoms with van der Waals surface area (Å²) in [4.78, 5) is 3.00. The highest BCUT2D eigenvalue weighted by Crippen LogP contribution is 2.29. The van der Waals surface area contributed by atoms with Crippen LogP contribution in [0.25, 0.3) is 0 Å². The first kappa shape index (κ1) is 16.0. The molecule has 0 saturated carbocycles. The van der Waals surface area contributed by atoms with Gasteiger partial charge in [-0.3, -0.25) is 0 Å². The minimum atomic E-state index is 0.500. The van der Waals surface area contributed by atoms with Crippen LogP contribution in [0.1, 0.15) is 68.2 Å². The highest BCUT2D eigenvalue weighted by Gasteiger charge is 2.18. The van der Waals surface area contributed by atoms with Gasteiger partial charge in [-0.15, -0.1) is 11.3 Å². The van der Waals surface area contributed by atoms with E-state index in [4.69, 9.17) is 4.74 Å². The van der Waals surface area contributed by atoms with Gasteiger partial charge in [-0.05, 0) is 63.6 Å². The molecule has 2 rings (SSSR count). The van der Waals surface area contributed by atoms with Crippen molar-refractivity contribution < 1.29 is 4.74 Å². The van der Waals surface area contributed by atoms with E-state index in [1.165, 1.54) is 48.3 Å². The second-order valence-corrected chi connectivity index (χ2v) is 6.93. The Hall–Kier alpha value is -0.380. The minimum absolute atomic E-state index is 0.500. The average molecular weight is 295 g/mol. The minimum Gasteiger partial charge on any atom is -0.378 e. The summed E-state index contributed by atoms with van der Waals surface area (Å²) >= 11 is 1.97. The molecule has 1 aromatic heterocycles. The molecule has 1 aliphatic heterocycles. The highest BCUT2D eigenvalue weighted by molar-refractivity contribution is 7.12. The number of rotatable bonds is 8. The molecule has 1 saturated heterocycles. The molecule has 3 heteroatoms. The molecular weight excluding hydrogens is 266 g/mol. The molecule has 0 aliphatic carbocycles. The van der Waals surface area contributed by atoms with Crippen LogP contribution in [0.15, 0.2) is 12.1 Å². The summed E-state index contributed by atoms with van der Waals surface area (Å²) in [6, 6.07) is 5.13. The third kappa shape index (κ3) is 4.87. The van der Waals surface area contributed by atoms with E-state index in [0.29, 0.717) is 12.1 Å². The first-order valence-electron chi connectivity index (χ1n) is 8.27. The first-order chi connectivity index (χ1) is 9.83. The van der Waals surface area contributed by atoms with Crippen LogP contribution in [0.3, 0.4) is 0 Å². The van der Waals surface area contributed by atoms with Crippen molar-refractivity contribution in [3.8, 4) is 0 Å². The number of ether oxygens (including phenoxy) is 1. The van der Waals surface area contributed by atoms with Gasteiger partial charge in [0.1, 0.15) is 0 Å². The molecule has 1 aromatic rings. The predicted molar refractivity (Wildman–Crippen MR) is 87.6 cm³/mol. The third-order valence-corrected chi connectivity index (χ3v) is 5.41. The predicted octanol–water partition coefficient (Wildman–Crippen LogP) is 4.70. The normalized spacial score (nSPS) is 21.0. The smallest absolute Gasteiger partial charge is 0.0575 e. The summed E-state index contributed by atoms with van der Waals surface area (Å²) in [7, 11) is 0. The Kier molecular flexibility index (Phi) is 7.05. The summed E-state index contributed by atoms with van der Waals surface area (Å²) in [5, 5.41) is 3.72. The zero-order valence-electron chi connectivity index (χ0n) is 13.0. The fourth-order valence-electron chi connectivity index (χ4n) is 2.82. The van der Waals surface area contributed by atoms with Gasteiger partial charge in [0.05, 0.1) is 6.10 Å². The first-order valence-corrected chi connectivity index (χ1v) is 9.08. The molecule has 0 aromatic carbocycles. The molecule has 0 bridgehead atoms. The van der Waals surface area contributed by atoms with Crippen molar-refractivity contribution in [1.82, 2.24) is 5.32 Å². The van der Waals surface area contributed by atoms with Crippen molar-refractivity contribution in [2.75, 3.05) is 13.2 Å². The van der Waals surface area contributed by atoms with E-state index in [9.17, 15) is 0 Å². The van der Waals surface area contributed by atoms with Crippen molar-refractivity contribution in [1.29, 1.82) is 0 Å². The largest absolute Gasteiger partial charge is 0.378 e. The van der Waals surface area contributed by atoms with Crippen LogP contribution in [0, 0.1) is 0 Å². The molecule has 1 aliphatic rings. The number of nitrogens with one attached hydrogen (secondary N) is 1. The third-order valence-electron chi connectivity index (χ3n) is 4.07. The molecule has 1 N–H and O–H groups in total. The van der Waals surface area contributed by atoms with Gasteiger partial charge in [0, 0.05) is 22.4 Å². The Bertz CT molecular complexity index is 371. The van der Waals surface area contributed by atoms with Crippen molar-refractivity contribution in [3.05, 3.63) is 21.9 Å². The lowest BCUT2D eigenvalue weighted by atomic mass is 10.0. The zero-order chi connectivity index (χ0) is 14.2. The Morgan fingerprint density at radius 3 is 2.90 bits per heavy atom. The Balaban J connectivity index is 1.88. The van der Waals surface area contributed by atoms with Crippen LogP contribution in [-0.4, -0.2) is 19.3 Å². The molecule has 2 atom stereocenters. The Morgan fingerprint density at radius 1 is 1.35 bits per heavy atom. The van der Waals surface area contributed by atoms with E-state index in [2.05, 4.69) is 31.3 Å². The van der Waals surface area contributed by atoms with Gasteiger partial charge in [-0.1, -0.05) is 13.8 Å². The molecule has 0 amide bonds. The van der Waals surface area contributed by atoms with Gasteiger partial charge < -0.3 is 10.1 Å². The molecule has 0 spiro atoms. The number of hydrogen-bond acceptors (Lipinski definition) is 3. The van der Waals surface area contributed by atoms with Crippen molar-refractivity contribution >= 4 is 11.3 Å². The maximum atomic E-state index is 5.87. The van der Waals surface area contributed by atoms with E-state index in [1.807, 2.05) is 11.3 Å².